The van der Waals surface area contributed by atoms with Gasteiger partial charge in [0.05, 0.1) is 5.52 Å². The maximum atomic E-state index is 13.1. The van der Waals surface area contributed by atoms with Crippen molar-refractivity contribution in [1.29, 1.82) is 0 Å². The van der Waals surface area contributed by atoms with E-state index in [0.717, 1.165) is 66.3 Å². The number of hydrogen-bond acceptors (Lipinski definition) is 6. The van der Waals surface area contributed by atoms with Crippen molar-refractivity contribution < 1.29 is 9.59 Å². The standard InChI is InChI=1S/C35H46N6O2S/c1-5-7-15-28(6-2)34(43)40-20-19-39(23-26(40)4)31(42)16-11-12-21-44-35-36-33-32(37-38-35)29-22-25(3)17-18-30(29)41(33)24-27-13-9-8-10-14-27/h8-10,13-14,17-18,22,26,28H,5-7,11-12,15-16,19-21,23-24H2,1-4H3. The van der Waals surface area contributed by atoms with Crippen LogP contribution in [0.25, 0.3) is 22.1 Å². The molecule has 5 rings (SSSR count). The van der Waals surface area contributed by atoms with Gasteiger partial charge in [0.1, 0.15) is 5.52 Å². The monoisotopic (exact) mass is 614 g/mol. The summed E-state index contributed by atoms with van der Waals surface area (Å²) in [5.41, 5.74) is 5.19. The topological polar surface area (TPSA) is 84.2 Å². The number of benzene rings is 2. The Hall–Kier alpha value is -3.46. The number of piperazine rings is 1. The summed E-state index contributed by atoms with van der Waals surface area (Å²) in [6.07, 6.45) is 6.28. The van der Waals surface area contributed by atoms with Crippen molar-refractivity contribution in [3.63, 3.8) is 0 Å². The number of thioether (sulfide) groups is 1. The summed E-state index contributed by atoms with van der Waals surface area (Å²) in [7, 11) is 0. The zero-order valence-electron chi connectivity index (χ0n) is 26.7. The van der Waals surface area contributed by atoms with E-state index >= 15 is 0 Å². The lowest BCUT2D eigenvalue weighted by Gasteiger charge is -2.41. The van der Waals surface area contributed by atoms with Gasteiger partial charge < -0.3 is 14.4 Å². The van der Waals surface area contributed by atoms with Crippen molar-refractivity contribution >= 4 is 45.6 Å². The quantitative estimate of drug-likeness (QED) is 0.121. The molecule has 1 fully saturated rings. The van der Waals surface area contributed by atoms with Crippen LogP contribution in [-0.4, -0.2) is 72.8 Å². The second kappa shape index (κ2) is 15.0. The molecule has 8 nitrogen and oxygen atoms in total. The van der Waals surface area contributed by atoms with Crippen LogP contribution < -0.4 is 0 Å². The van der Waals surface area contributed by atoms with Gasteiger partial charge in [-0.2, -0.15) is 0 Å². The van der Waals surface area contributed by atoms with Gasteiger partial charge in [-0.1, -0.05) is 80.4 Å². The van der Waals surface area contributed by atoms with E-state index < -0.39 is 0 Å². The molecule has 0 aliphatic carbocycles. The Kier molecular flexibility index (Phi) is 10.9. The summed E-state index contributed by atoms with van der Waals surface area (Å²) in [6.45, 7) is 11.0. The summed E-state index contributed by atoms with van der Waals surface area (Å²) in [5.74, 6) is 1.39. The Morgan fingerprint density at radius 1 is 1.02 bits per heavy atom. The number of rotatable bonds is 13. The summed E-state index contributed by atoms with van der Waals surface area (Å²) in [6, 6.07) is 16.9. The van der Waals surface area contributed by atoms with Crippen LogP contribution in [0.2, 0.25) is 0 Å². The molecule has 1 aliphatic rings. The Labute approximate surface area is 265 Å². The molecule has 2 atom stereocenters. The van der Waals surface area contributed by atoms with Gasteiger partial charge in [-0.25, -0.2) is 4.98 Å². The average molecular weight is 615 g/mol. The minimum Gasteiger partial charge on any atom is -0.339 e. The normalized spacial score (nSPS) is 16.1. The molecule has 1 saturated heterocycles. The van der Waals surface area contributed by atoms with Crippen molar-refractivity contribution in [1.82, 2.24) is 29.5 Å². The number of aryl methyl sites for hydroxylation is 1. The third-order valence-electron chi connectivity index (χ3n) is 8.81. The van der Waals surface area contributed by atoms with Crippen molar-refractivity contribution in [2.75, 3.05) is 25.4 Å². The Balaban J connectivity index is 1.14. The number of aromatic nitrogens is 4. The van der Waals surface area contributed by atoms with E-state index in [1.807, 2.05) is 15.9 Å². The van der Waals surface area contributed by atoms with Crippen LogP contribution in [0.1, 0.15) is 76.8 Å². The first kappa shape index (κ1) is 31.9. The number of hydrogen-bond donors (Lipinski definition) is 0. The number of carbonyl (C=O) groups is 2. The van der Waals surface area contributed by atoms with Gasteiger partial charge in [-0.05, 0) is 57.2 Å². The van der Waals surface area contributed by atoms with Gasteiger partial charge in [0, 0.05) is 55.7 Å². The number of fused-ring (bicyclic) bond motifs is 3. The van der Waals surface area contributed by atoms with Crippen LogP contribution in [0.5, 0.6) is 0 Å². The van der Waals surface area contributed by atoms with Crippen molar-refractivity contribution in [3.05, 3.63) is 59.7 Å². The smallest absolute Gasteiger partial charge is 0.226 e. The van der Waals surface area contributed by atoms with Crippen molar-refractivity contribution in [2.24, 2.45) is 5.92 Å². The van der Waals surface area contributed by atoms with E-state index in [1.165, 1.54) is 11.1 Å². The highest BCUT2D eigenvalue weighted by molar-refractivity contribution is 7.99. The fourth-order valence-corrected chi connectivity index (χ4v) is 7.02. The molecule has 2 unspecified atom stereocenters. The predicted molar refractivity (Wildman–Crippen MR) is 179 cm³/mol. The van der Waals surface area contributed by atoms with E-state index in [-0.39, 0.29) is 23.8 Å². The molecule has 1 aliphatic heterocycles. The fourth-order valence-electron chi connectivity index (χ4n) is 6.24. The summed E-state index contributed by atoms with van der Waals surface area (Å²) in [5, 5.41) is 10.8. The SMILES string of the molecule is CCCCC(CC)C(=O)N1CCN(C(=O)CCCCSc2nnc3c4cc(C)ccc4n(Cc4ccccc4)c3n2)CC1C. The molecule has 0 spiro atoms. The highest BCUT2D eigenvalue weighted by Gasteiger charge is 2.32. The lowest BCUT2D eigenvalue weighted by molar-refractivity contribution is -0.145. The minimum absolute atomic E-state index is 0.0624. The number of carbonyl (C=O) groups excluding carboxylic acids is 2. The highest BCUT2D eigenvalue weighted by atomic mass is 32.2. The van der Waals surface area contributed by atoms with Crippen LogP contribution >= 0.6 is 11.8 Å². The molecule has 4 aromatic rings. The molecular weight excluding hydrogens is 568 g/mol. The third-order valence-corrected chi connectivity index (χ3v) is 9.74. The van der Waals surface area contributed by atoms with Crippen LogP contribution in [0.3, 0.4) is 0 Å². The second-order valence-corrected chi connectivity index (χ2v) is 13.2. The number of unbranched alkanes of at least 4 members (excludes halogenated alkanes) is 2. The van der Waals surface area contributed by atoms with Crippen LogP contribution in [0, 0.1) is 12.8 Å². The Morgan fingerprint density at radius 2 is 1.84 bits per heavy atom. The molecule has 9 heteroatoms. The largest absolute Gasteiger partial charge is 0.339 e. The van der Waals surface area contributed by atoms with E-state index in [9.17, 15) is 9.59 Å². The lowest BCUT2D eigenvalue weighted by atomic mass is 9.96. The minimum atomic E-state index is 0.0624. The first-order valence-corrected chi connectivity index (χ1v) is 17.3. The summed E-state index contributed by atoms with van der Waals surface area (Å²) in [4.78, 5) is 35.0. The molecule has 0 radical (unpaired) electrons. The van der Waals surface area contributed by atoms with Crippen LogP contribution in [0.15, 0.2) is 53.7 Å². The van der Waals surface area contributed by atoms with Crippen molar-refractivity contribution in [3.8, 4) is 0 Å². The predicted octanol–water partition coefficient (Wildman–Crippen LogP) is 6.87. The number of nitrogens with zero attached hydrogens (tertiary/aromatic N) is 6. The molecule has 2 amide bonds. The first-order chi connectivity index (χ1) is 21.4. The molecular formula is C35H46N6O2S. The molecule has 0 bridgehead atoms. The van der Waals surface area contributed by atoms with Gasteiger partial charge in [0.25, 0.3) is 0 Å². The molecule has 2 aromatic heterocycles. The third kappa shape index (κ3) is 7.42. The molecule has 2 aromatic carbocycles. The lowest BCUT2D eigenvalue weighted by Crippen LogP contribution is -2.56. The fraction of sp³-hybridized carbons (Fsp3) is 0.514. The van der Waals surface area contributed by atoms with Crippen LogP contribution in [-0.2, 0) is 16.1 Å². The van der Waals surface area contributed by atoms with Gasteiger partial charge in [-0.3, -0.25) is 9.59 Å². The summed E-state index contributed by atoms with van der Waals surface area (Å²) >= 11 is 1.60. The van der Waals surface area contributed by atoms with Gasteiger partial charge in [-0.15, -0.1) is 10.2 Å². The van der Waals surface area contributed by atoms with Crippen molar-refractivity contribution in [2.45, 2.75) is 90.4 Å². The maximum Gasteiger partial charge on any atom is 0.226 e. The van der Waals surface area contributed by atoms with Gasteiger partial charge >= 0.3 is 0 Å². The van der Waals surface area contributed by atoms with Gasteiger partial charge in [0.2, 0.25) is 17.0 Å². The molecule has 0 saturated carbocycles. The maximum absolute atomic E-state index is 13.1. The highest BCUT2D eigenvalue weighted by Crippen LogP contribution is 2.29. The average Bonchev–Trinajstić information content (AvgIpc) is 3.32. The zero-order valence-corrected chi connectivity index (χ0v) is 27.5. The van der Waals surface area contributed by atoms with E-state index in [1.54, 1.807) is 11.8 Å². The zero-order chi connectivity index (χ0) is 31.1. The second-order valence-electron chi connectivity index (χ2n) is 12.1. The molecule has 0 N–H and O–H groups in total. The Morgan fingerprint density at radius 3 is 2.59 bits per heavy atom. The van der Waals surface area contributed by atoms with E-state index in [2.05, 4.69) is 84.9 Å². The van der Waals surface area contributed by atoms with E-state index in [4.69, 9.17) is 4.98 Å². The molecule has 3 heterocycles. The molecule has 44 heavy (non-hydrogen) atoms. The number of amides is 2. The first-order valence-electron chi connectivity index (χ1n) is 16.3. The van der Waals surface area contributed by atoms with Gasteiger partial charge in [0.15, 0.2) is 5.65 Å². The van der Waals surface area contributed by atoms with E-state index in [0.29, 0.717) is 37.8 Å². The Bertz CT molecular complexity index is 1570. The van der Waals surface area contributed by atoms with Crippen LogP contribution in [0.4, 0.5) is 0 Å². The summed E-state index contributed by atoms with van der Waals surface area (Å²) < 4.78 is 2.23. The molecule has 234 valence electrons.